The molecule has 3 aromatic rings. The van der Waals surface area contributed by atoms with Crippen LogP contribution in [-0.2, 0) is 11.3 Å². The number of carbonyl (C=O) groups excluding carboxylic acids is 1. The van der Waals surface area contributed by atoms with Crippen LogP contribution in [0.4, 0.5) is 8.78 Å². The normalized spacial score (nSPS) is 17.1. The third kappa shape index (κ3) is 3.08. The van der Waals surface area contributed by atoms with Crippen molar-refractivity contribution >= 4 is 5.91 Å². The van der Waals surface area contributed by atoms with E-state index in [1.54, 1.807) is 41.3 Å². The summed E-state index contributed by atoms with van der Waals surface area (Å²) in [5.41, 5.74) is 0.681. The van der Waals surface area contributed by atoms with Crippen LogP contribution in [0.5, 0.6) is 0 Å². The van der Waals surface area contributed by atoms with Gasteiger partial charge < -0.3 is 9.42 Å². The molecule has 2 heterocycles. The lowest BCUT2D eigenvalue weighted by atomic mass is 10.1. The van der Waals surface area contributed by atoms with Crippen molar-refractivity contribution in [2.24, 2.45) is 0 Å². The maximum atomic E-state index is 13.8. The Hall–Kier alpha value is -3.09. The molecule has 0 aliphatic carbocycles. The van der Waals surface area contributed by atoms with E-state index in [2.05, 4.69) is 10.1 Å². The van der Waals surface area contributed by atoms with Crippen LogP contribution in [0.15, 0.2) is 53.1 Å². The number of rotatable bonds is 4. The van der Waals surface area contributed by atoms with E-state index in [1.807, 2.05) is 0 Å². The second kappa shape index (κ2) is 6.67. The monoisotopic (exact) mass is 355 g/mol. The van der Waals surface area contributed by atoms with Gasteiger partial charge in [0.25, 0.3) is 5.89 Å². The maximum absolute atomic E-state index is 13.8. The highest BCUT2D eigenvalue weighted by atomic mass is 19.1. The Labute approximate surface area is 148 Å². The van der Waals surface area contributed by atoms with Gasteiger partial charge in [-0.3, -0.25) is 4.79 Å². The van der Waals surface area contributed by atoms with E-state index in [-0.39, 0.29) is 42.1 Å². The molecule has 1 aliphatic rings. The largest absolute Gasteiger partial charge is 0.337 e. The molecule has 2 aromatic carbocycles. The van der Waals surface area contributed by atoms with Crippen molar-refractivity contribution in [3.8, 4) is 11.5 Å². The molecule has 1 unspecified atom stereocenters. The van der Waals surface area contributed by atoms with Crippen LogP contribution in [0.2, 0.25) is 0 Å². The number of likely N-dealkylation sites (tertiary alicyclic amines) is 1. The van der Waals surface area contributed by atoms with Gasteiger partial charge in [0.15, 0.2) is 5.82 Å². The quantitative estimate of drug-likeness (QED) is 0.718. The molecule has 0 spiro atoms. The molecule has 1 saturated heterocycles. The first-order valence-electron chi connectivity index (χ1n) is 8.21. The third-order valence-corrected chi connectivity index (χ3v) is 4.44. The molecule has 1 aliphatic heterocycles. The van der Waals surface area contributed by atoms with Crippen LogP contribution in [-0.4, -0.2) is 27.5 Å². The first kappa shape index (κ1) is 16.4. The fourth-order valence-electron chi connectivity index (χ4n) is 3.07. The second-order valence-electron chi connectivity index (χ2n) is 6.20. The van der Waals surface area contributed by atoms with E-state index < -0.39 is 5.82 Å². The molecule has 1 amide bonds. The van der Waals surface area contributed by atoms with E-state index in [1.165, 1.54) is 12.1 Å². The number of benzene rings is 2. The van der Waals surface area contributed by atoms with Gasteiger partial charge in [-0.15, -0.1) is 0 Å². The zero-order chi connectivity index (χ0) is 18.1. The summed E-state index contributed by atoms with van der Waals surface area (Å²) in [6.45, 7) is 0.559. The zero-order valence-corrected chi connectivity index (χ0v) is 13.7. The molecular weight excluding hydrogens is 340 g/mol. The average Bonchev–Trinajstić information content (AvgIpc) is 3.25. The van der Waals surface area contributed by atoms with Crippen molar-refractivity contribution < 1.29 is 18.1 Å². The van der Waals surface area contributed by atoms with Gasteiger partial charge in [0.05, 0.1) is 5.56 Å². The van der Waals surface area contributed by atoms with Crippen LogP contribution in [0.1, 0.15) is 23.7 Å². The summed E-state index contributed by atoms with van der Waals surface area (Å²) in [7, 11) is 0. The molecule has 0 N–H and O–H groups in total. The van der Waals surface area contributed by atoms with Crippen molar-refractivity contribution in [1.29, 1.82) is 0 Å². The highest BCUT2D eigenvalue weighted by Crippen LogP contribution is 2.30. The summed E-state index contributed by atoms with van der Waals surface area (Å²) in [5, 5.41) is 3.90. The van der Waals surface area contributed by atoms with E-state index in [0.717, 1.165) is 0 Å². The lowest BCUT2D eigenvalue weighted by molar-refractivity contribution is -0.128. The first-order valence-corrected chi connectivity index (χ1v) is 8.21. The summed E-state index contributed by atoms with van der Waals surface area (Å²) in [6, 6.07) is 12.5. The molecule has 26 heavy (non-hydrogen) atoms. The van der Waals surface area contributed by atoms with Crippen LogP contribution >= 0.6 is 0 Å². The number of aromatic nitrogens is 2. The number of nitrogens with zero attached hydrogens (tertiary/aromatic N) is 3. The predicted molar refractivity (Wildman–Crippen MR) is 88.9 cm³/mol. The van der Waals surface area contributed by atoms with E-state index in [0.29, 0.717) is 17.9 Å². The second-order valence-corrected chi connectivity index (χ2v) is 6.20. The summed E-state index contributed by atoms with van der Waals surface area (Å²) < 4.78 is 32.8. The van der Waals surface area contributed by atoms with Crippen LogP contribution in [0.3, 0.4) is 0 Å². The topological polar surface area (TPSA) is 59.2 Å². The molecule has 0 bridgehead atoms. The minimum Gasteiger partial charge on any atom is -0.337 e. The maximum Gasteiger partial charge on any atom is 0.260 e. The SMILES string of the molecule is O=C1CC(c2noc(-c3ccccc3F)n2)CN1Cc1ccccc1F. The van der Waals surface area contributed by atoms with Crippen molar-refractivity contribution in [3.63, 3.8) is 0 Å². The molecule has 1 aromatic heterocycles. The van der Waals surface area contributed by atoms with Crippen molar-refractivity contribution in [2.45, 2.75) is 18.9 Å². The van der Waals surface area contributed by atoms with Gasteiger partial charge in [-0.05, 0) is 18.2 Å². The van der Waals surface area contributed by atoms with Gasteiger partial charge >= 0.3 is 0 Å². The predicted octanol–water partition coefficient (Wildman–Crippen LogP) is 3.53. The number of halogens is 2. The lowest BCUT2D eigenvalue weighted by Crippen LogP contribution is -2.25. The fourth-order valence-corrected chi connectivity index (χ4v) is 3.07. The molecule has 7 heteroatoms. The standard InChI is InChI=1S/C19H15F2N3O2/c20-15-7-3-1-5-12(15)10-24-11-13(9-17(24)25)18-22-19(26-23-18)14-6-2-4-8-16(14)21/h1-8,13H,9-11H2. The van der Waals surface area contributed by atoms with Gasteiger partial charge in [0.1, 0.15) is 11.6 Å². The third-order valence-electron chi connectivity index (χ3n) is 4.44. The zero-order valence-electron chi connectivity index (χ0n) is 13.7. The fraction of sp³-hybridized carbons (Fsp3) is 0.211. The lowest BCUT2D eigenvalue weighted by Gasteiger charge is -2.16. The number of amides is 1. The van der Waals surface area contributed by atoms with Crippen LogP contribution in [0.25, 0.3) is 11.5 Å². The molecule has 5 nitrogen and oxygen atoms in total. The number of hydrogen-bond acceptors (Lipinski definition) is 4. The van der Waals surface area contributed by atoms with Crippen molar-refractivity contribution in [3.05, 3.63) is 71.6 Å². The highest BCUT2D eigenvalue weighted by Gasteiger charge is 2.34. The smallest absolute Gasteiger partial charge is 0.260 e. The van der Waals surface area contributed by atoms with Gasteiger partial charge in [-0.2, -0.15) is 4.98 Å². The van der Waals surface area contributed by atoms with Crippen molar-refractivity contribution in [1.82, 2.24) is 15.0 Å². The molecule has 4 rings (SSSR count). The van der Waals surface area contributed by atoms with Gasteiger partial charge in [0.2, 0.25) is 5.91 Å². The summed E-state index contributed by atoms with van der Waals surface area (Å²) in [5.74, 6) is -0.726. The Morgan fingerprint density at radius 3 is 2.58 bits per heavy atom. The minimum atomic E-state index is -0.452. The van der Waals surface area contributed by atoms with E-state index >= 15 is 0 Å². The first-order chi connectivity index (χ1) is 12.6. The highest BCUT2D eigenvalue weighted by molar-refractivity contribution is 5.79. The Balaban J connectivity index is 1.51. The average molecular weight is 355 g/mol. The molecular formula is C19H15F2N3O2. The molecule has 0 saturated carbocycles. The Morgan fingerprint density at radius 1 is 1.08 bits per heavy atom. The molecule has 132 valence electrons. The number of hydrogen-bond donors (Lipinski definition) is 0. The van der Waals surface area contributed by atoms with Crippen LogP contribution < -0.4 is 0 Å². The van der Waals surface area contributed by atoms with Gasteiger partial charge in [-0.25, -0.2) is 8.78 Å². The Kier molecular flexibility index (Phi) is 4.20. The van der Waals surface area contributed by atoms with Gasteiger partial charge in [0, 0.05) is 31.0 Å². The van der Waals surface area contributed by atoms with Gasteiger partial charge in [-0.1, -0.05) is 35.5 Å². The minimum absolute atomic E-state index is 0.0816. The molecule has 0 radical (unpaired) electrons. The molecule has 1 fully saturated rings. The summed E-state index contributed by atoms with van der Waals surface area (Å²) in [4.78, 5) is 18.1. The Morgan fingerprint density at radius 2 is 1.81 bits per heavy atom. The molecule has 1 atom stereocenters. The van der Waals surface area contributed by atoms with E-state index in [9.17, 15) is 13.6 Å². The van der Waals surface area contributed by atoms with Crippen molar-refractivity contribution in [2.75, 3.05) is 6.54 Å². The van der Waals surface area contributed by atoms with Crippen LogP contribution in [0, 0.1) is 11.6 Å². The summed E-state index contributed by atoms with van der Waals surface area (Å²) >= 11 is 0. The summed E-state index contributed by atoms with van der Waals surface area (Å²) in [6.07, 6.45) is 0.213. The number of carbonyl (C=O) groups is 1. The van der Waals surface area contributed by atoms with E-state index in [4.69, 9.17) is 4.52 Å². The Bertz CT molecular complexity index is 957.